The van der Waals surface area contributed by atoms with Crippen LogP contribution in [0.2, 0.25) is 0 Å². The van der Waals surface area contributed by atoms with Crippen LogP contribution in [0.4, 0.5) is 4.39 Å². The Morgan fingerprint density at radius 3 is 2.00 bits per heavy atom. The average molecular weight is 148 g/mol. The van der Waals surface area contributed by atoms with Gasteiger partial charge in [-0.15, -0.1) is 0 Å². The lowest BCUT2D eigenvalue weighted by atomic mass is 10.2. The van der Waals surface area contributed by atoms with E-state index in [2.05, 4.69) is 0 Å². The quantitative estimate of drug-likeness (QED) is 0.597. The summed E-state index contributed by atoms with van der Waals surface area (Å²) >= 11 is 0. The molecule has 0 aromatic carbocycles. The SMILES string of the molecule is CC[C@H](CF)OC(C)(C)C. The Hall–Kier alpha value is -0.110. The maximum Gasteiger partial charge on any atom is 0.116 e. The van der Waals surface area contributed by atoms with E-state index in [-0.39, 0.29) is 18.4 Å². The van der Waals surface area contributed by atoms with E-state index < -0.39 is 0 Å². The van der Waals surface area contributed by atoms with Gasteiger partial charge in [0.2, 0.25) is 0 Å². The lowest BCUT2D eigenvalue weighted by Crippen LogP contribution is -2.28. The van der Waals surface area contributed by atoms with Gasteiger partial charge in [0.05, 0.1) is 11.7 Å². The number of ether oxygens (including phenoxy) is 1. The van der Waals surface area contributed by atoms with Gasteiger partial charge in [0.15, 0.2) is 0 Å². The summed E-state index contributed by atoms with van der Waals surface area (Å²) in [6.07, 6.45) is 0.522. The smallest absolute Gasteiger partial charge is 0.116 e. The molecule has 0 bridgehead atoms. The minimum absolute atomic E-state index is 0.216. The summed E-state index contributed by atoms with van der Waals surface area (Å²) in [6, 6.07) is 0. The van der Waals surface area contributed by atoms with Gasteiger partial charge in [0.25, 0.3) is 0 Å². The molecule has 0 unspecified atom stereocenters. The fraction of sp³-hybridized carbons (Fsp3) is 1.00. The molecule has 0 heterocycles. The highest BCUT2D eigenvalue weighted by atomic mass is 19.1. The van der Waals surface area contributed by atoms with Gasteiger partial charge in [-0.2, -0.15) is 0 Å². The number of rotatable bonds is 3. The van der Waals surface area contributed by atoms with Crippen LogP contribution in [0.1, 0.15) is 34.1 Å². The molecule has 0 aliphatic carbocycles. The second-order valence-electron chi connectivity index (χ2n) is 3.41. The molecular formula is C8H17FO. The maximum absolute atomic E-state index is 12.1. The Bertz CT molecular complexity index is 81.7. The number of hydrogen-bond acceptors (Lipinski definition) is 1. The molecule has 0 radical (unpaired) electrons. The fourth-order valence-electron chi connectivity index (χ4n) is 0.724. The molecule has 0 aromatic rings. The molecule has 0 aliphatic rings. The van der Waals surface area contributed by atoms with Crippen LogP contribution < -0.4 is 0 Å². The second kappa shape index (κ2) is 3.91. The van der Waals surface area contributed by atoms with Gasteiger partial charge < -0.3 is 4.74 Å². The lowest BCUT2D eigenvalue weighted by molar-refractivity contribution is -0.0693. The highest BCUT2D eigenvalue weighted by Gasteiger charge is 2.16. The molecule has 1 nitrogen and oxygen atoms in total. The van der Waals surface area contributed by atoms with E-state index in [0.717, 1.165) is 6.42 Å². The Labute approximate surface area is 62.6 Å². The Kier molecular flexibility index (Phi) is 3.87. The van der Waals surface area contributed by atoms with Crippen molar-refractivity contribution in [1.82, 2.24) is 0 Å². The molecule has 62 valence electrons. The Balaban J connectivity index is 3.63. The van der Waals surface area contributed by atoms with Gasteiger partial charge in [-0.25, -0.2) is 4.39 Å². The molecule has 10 heavy (non-hydrogen) atoms. The molecule has 2 heteroatoms. The molecule has 0 rings (SSSR count). The third kappa shape index (κ3) is 4.74. The van der Waals surface area contributed by atoms with Crippen LogP contribution in [0.15, 0.2) is 0 Å². The first-order chi connectivity index (χ1) is 4.49. The van der Waals surface area contributed by atoms with Crippen LogP contribution in [0, 0.1) is 0 Å². The van der Waals surface area contributed by atoms with Crippen LogP contribution in [0.5, 0.6) is 0 Å². The van der Waals surface area contributed by atoms with Gasteiger partial charge in [-0.05, 0) is 27.2 Å². The maximum atomic E-state index is 12.1. The van der Waals surface area contributed by atoms with Crippen molar-refractivity contribution in [2.24, 2.45) is 0 Å². The van der Waals surface area contributed by atoms with Crippen LogP contribution in [0.3, 0.4) is 0 Å². The minimum Gasteiger partial charge on any atom is -0.370 e. The summed E-state index contributed by atoms with van der Waals surface area (Å²) in [5, 5.41) is 0. The molecule has 0 spiro atoms. The molecule has 1 atom stereocenters. The van der Waals surface area contributed by atoms with Crippen molar-refractivity contribution < 1.29 is 9.13 Å². The molecule has 0 N–H and O–H groups in total. The summed E-state index contributed by atoms with van der Waals surface area (Å²) in [5.74, 6) is 0. The number of hydrogen-bond donors (Lipinski definition) is 0. The van der Waals surface area contributed by atoms with E-state index in [1.165, 1.54) is 0 Å². The fourth-order valence-corrected chi connectivity index (χ4v) is 0.724. The number of alkyl halides is 1. The summed E-state index contributed by atoms with van der Waals surface area (Å²) in [5.41, 5.74) is -0.216. The third-order valence-corrected chi connectivity index (χ3v) is 1.15. The predicted molar refractivity (Wildman–Crippen MR) is 40.9 cm³/mol. The third-order valence-electron chi connectivity index (χ3n) is 1.15. The Morgan fingerprint density at radius 1 is 1.40 bits per heavy atom. The van der Waals surface area contributed by atoms with Crippen LogP contribution in [0.25, 0.3) is 0 Å². The van der Waals surface area contributed by atoms with Gasteiger partial charge in [-0.3, -0.25) is 0 Å². The van der Waals surface area contributed by atoms with E-state index in [0.29, 0.717) is 0 Å². The van der Waals surface area contributed by atoms with Crippen molar-refractivity contribution in [3.8, 4) is 0 Å². The molecule has 0 amide bonds. The zero-order valence-electron chi connectivity index (χ0n) is 7.28. The molecule has 0 saturated heterocycles. The van der Waals surface area contributed by atoms with Crippen molar-refractivity contribution in [3.05, 3.63) is 0 Å². The van der Waals surface area contributed by atoms with E-state index in [1.54, 1.807) is 0 Å². The first kappa shape index (κ1) is 9.89. The number of halogens is 1. The van der Waals surface area contributed by atoms with Crippen molar-refractivity contribution in [1.29, 1.82) is 0 Å². The predicted octanol–water partition coefficient (Wildman–Crippen LogP) is 2.55. The van der Waals surface area contributed by atoms with Crippen molar-refractivity contribution in [2.75, 3.05) is 6.67 Å². The summed E-state index contributed by atoms with van der Waals surface area (Å²) in [6.45, 7) is 7.35. The summed E-state index contributed by atoms with van der Waals surface area (Å²) in [7, 11) is 0. The monoisotopic (exact) mass is 148 g/mol. The van der Waals surface area contributed by atoms with E-state index in [1.807, 2.05) is 27.7 Å². The van der Waals surface area contributed by atoms with Gasteiger partial charge >= 0.3 is 0 Å². The van der Waals surface area contributed by atoms with Crippen molar-refractivity contribution >= 4 is 0 Å². The first-order valence-corrected chi connectivity index (χ1v) is 3.73. The minimum atomic E-state index is -0.381. The highest BCUT2D eigenvalue weighted by molar-refractivity contribution is 4.64. The largest absolute Gasteiger partial charge is 0.370 e. The van der Waals surface area contributed by atoms with Gasteiger partial charge in [-0.1, -0.05) is 6.92 Å². The highest BCUT2D eigenvalue weighted by Crippen LogP contribution is 2.12. The first-order valence-electron chi connectivity index (χ1n) is 3.73. The summed E-state index contributed by atoms with van der Waals surface area (Å²) in [4.78, 5) is 0. The van der Waals surface area contributed by atoms with Gasteiger partial charge in [0, 0.05) is 0 Å². The molecule has 0 aromatic heterocycles. The van der Waals surface area contributed by atoms with Crippen molar-refractivity contribution in [2.45, 2.75) is 45.8 Å². The lowest BCUT2D eigenvalue weighted by Gasteiger charge is -2.24. The molecule has 0 aliphatic heterocycles. The molecule has 0 fully saturated rings. The van der Waals surface area contributed by atoms with Crippen LogP contribution in [-0.4, -0.2) is 18.4 Å². The van der Waals surface area contributed by atoms with Crippen LogP contribution >= 0.6 is 0 Å². The van der Waals surface area contributed by atoms with E-state index in [9.17, 15) is 4.39 Å². The molecular weight excluding hydrogens is 131 g/mol. The standard InChI is InChI=1S/C8H17FO/c1-5-7(6-9)10-8(2,3)4/h7H,5-6H2,1-4H3/t7-/m1/s1. The normalized spacial score (nSPS) is 15.3. The molecule has 0 saturated carbocycles. The van der Waals surface area contributed by atoms with Crippen LogP contribution in [-0.2, 0) is 4.74 Å². The zero-order valence-corrected chi connectivity index (χ0v) is 7.28. The summed E-state index contributed by atoms with van der Waals surface area (Å²) < 4.78 is 17.4. The second-order valence-corrected chi connectivity index (χ2v) is 3.41. The zero-order chi connectivity index (χ0) is 8.20. The Morgan fingerprint density at radius 2 is 1.90 bits per heavy atom. The van der Waals surface area contributed by atoms with E-state index >= 15 is 0 Å². The van der Waals surface area contributed by atoms with E-state index in [4.69, 9.17) is 4.74 Å². The average Bonchev–Trinajstić information content (AvgIpc) is 1.81. The topological polar surface area (TPSA) is 9.23 Å². The van der Waals surface area contributed by atoms with Gasteiger partial charge in [0.1, 0.15) is 6.67 Å². The van der Waals surface area contributed by atoms with Crippen molar-refractivity contribution in [3.63, 3.8) is 0 Å².